The summed E-state index contributed by atoms with van der Waals surface area (Å²) in [4.78, 5) is 7.70. The second-order valence-corrected chi connectivity index (χ2v) is 6.03. The maximum absolute atomic E-state index is 13.0. The van der Waals surface area contributed by atoms with Crippen molar-refractivity contribution in [2.75, 3.05) is 32.6 Å². The fraction of sp³-hybridized carbons (Fsp3) is 0.368. The molecule has 1 aromatic heterocycles. The largest absolute Gasteiger partial charge is 0.497 e. The minimum atomic E-state index is -4.52. The lowest BCUT2D eigenvalue weighted by Gasteiger charge is -2.16. The Labute approximate surface area is 198 Å². The molecule has 1 aromatic carbocycles. The smallest absolute Gasteiger partial charge is 0.419 e. The van der Waals surface area contributed by atoms with Crippen molar-refractivity contribution in [3.05, 3.63) is 47.7 Å². The Hall–Kier alpha value is -2.58. The van der Waals surface area contributed by atoms with E-state index in [1.807, 2.05) is 0 Å². The summed E-state index contributed by atoms with van der Waals surface area (Å²) in [7, 11) is 2.94. The van der Waals surface area contributed by atoms with Gasteiger partial charge in [-0.15, -0.1) is 24.0 Å². The predicted octanol–water partition coefficient (Wildman–Crippen LogP) is 4.11. The van der Waals surface area contributed by atoms with Crippen LogP contribution in [0.15, 0.2) is 41.5 Å². The van der Waals surface area contributed by atoms with E-state index in [1.165, 1.54) is 38.6 Å². The van der Waals surface area contributed by atoms with Gasteiger partial charge in [-0.25, -0.2) is 4.98 Å². The first kappa shape index (κ1) is 27.5. The molecule has 2 aromatic rings. The highest BCUT2D eigenvalue weighted by Gasteiger charge is 2.33. The van der Waals surface area contributed by atoms with Crippen LogP contribution in [0.2, 0.25) is 0 Å². The van der Waals surface area contributed by atoms with Gasteiger partial charge in [-0.3, -0.25) is 4.99 Å². The molecule has 0 unspecified atom stereocenters. The average molecular weight is 575 g/mol. The van der Waals surface area contributed by atoms with E-state index in [2.05, 4.69) is 30.7 Å². The van der Waals surface area contributed by atoms with E-state index in [0.717, 1.165) is 6.07 Å². The SMILES string of the molecule is CN=C(NCCNc1ncccc1C(F)(F)F)NCc1cc(OC)ccc1OC(F)F.I. The first-order chi connectivity index (χ1) is 14.7. The molecule has 2 rings (SSSR count). The van der Waals surface area contributed by atoms with Gasteiger partial charge < -0.3 is 25.4 Å². The maximum Gasteiger partial charge on any atom is 0.419 e. The minimum absolute atomic E-state index is 0. The Morgan fingerprint density at radius 3 is 2.53 bits per heavy atom. The Kier molecular flexibility index (Phi) is 11.2. The van der Waals surface area contributed by atoms with E-state index in [4.69, 9.17) is 4.74 Å². The molecule has 0 aliphatic carbocycles. The second kappa shape index (κ2) is 13.1. The molecule has 3 N–H and O–H groups in total. The summed E-state index contributed by atoms with van der Waals surface area (Å²) in [6.45, 7) is -2.56. The van der Waals surface area contributed by atoms with Crippen LogP contribution >= 0.6 is 24.0 Å². The number of anilines is 1. The van der Waals surface area contributed by atoms with Crippen molar-refractivity contribution in [3.63, 3.8) is 0 Å². The molecule has 0 amide bonds. The fourth-order valence-corrected chi connectivity index (χ4v) is 2.57. The fourth-order valence-electron chi connectivity index (χ4n) is 2.57. The molecule has 7 nitrogen and oxygen atoms in total. The number of ether oxygens (including phenoxy) is 2. The highest BCUT2D eigenvalue weighted by molar-refractivity contribution is 14.0. The average Bonchev–Trinajstić information content (AvgIpc) is 2.73. The first-order valence-electron chi connectivity index (χ1n) is 9.07. The molecular formula is C19H23F5IN5O2. The van der Waals surface area contributed by atoms with Gasteiger partial charge in [0.15, 0.2) is 5.96 Å². The zero-order valence-electron chi connectivity index (χ0n) is 17.2. The number of pyridine rings is 1. The predicted molar refractivity (Wildman–Crippen MR) is 121 cm³/mol. The number of nitrogens with zero attached hydrogens (tertiary/aromatic N) is 2. The lowest BCUT2D eigenvalue weighted by atomic mass is 10.2. The molecule has 32 heavy (non-hydrogen) atoms. The van der Waals surface area contributed by atoms with E-state index in [9.17, 15) is 22.0 Å². The number of rotatable bonds is 9. The Balaban J connectivity index is 0.00000512. The van der Waals surface area contributed by atoms with Gasteiger partial charge in [0, 0.05) is 38.4 Å². The molecule has 0 radical (unpaired) electrons. The third-order valence-electron chi connectivity index (χ3n) is 3.98. The molecule has 1 heterocycles. The zero-order valence-corrected chi connectivity index (χ0v) is 19.5. The number of methoxy groups -OCH3 is 1. The van der Waals surface area contributed by atoms with Crippen molar-refractivity contribution in [3.8, 4) is 11.5 Å². The van der Waals surface area contributed by atoms with E-state index < -0.39 is 18.4 Å². The second-order valence-electron chi connectivity index (χ2n) is 6.03. The third kappa shape index (κ3) is 8.51. The van der Waals surface area contributed by atoms with Gasteiger partial charge in [-0.05, 0) is 30.3 Å². The number of aromatic nitrogens is 1. The van der Waals surface area contributed by atoms with E-state index >= 15 is 0 Å². The highest BCUT2D eigenvalue weighted by atomic mass is 127. The molecule has 0 saturated carbocycles. The van der Waals surface area contributed by atoms with Crippen LogP contribution < -0.4 is 25.4 Å². The summed E-state index contributed by atoms with van der Waals surface area (Å²) in [6.07, 6.45) is -3.25. The summed E-state index contributed by atoms with van der Waals surface area (Å²) < 4.78 is 73.7. The number of aliphatic imine (C=N–C) groups is 1. The monoisotopic (exact) mass is 575 g/mol. The standard InChI is InChI=1S/C19H22F5N5O2.HI/c1-25-18(28-9-8-27-16-14(19(22,23)24)4-3-7-26-16)29-11-12-10-13(30-2)5-6-15(12)31-17(20)21;/h3-7,10,17H,8-9,11H2,1-2H3,(H,26,27)(H2,25,28,29);1H. The summed E-state index contributed by atoms with van der Waals surface area (Å²) in [5.74, 6) is 0.478. The Bertz CT molecular complexity index is 883. The Morgan fingerprint density at radius 2 is 1.91 bits per heavy atom. The Morgan fingerprint density at radius 1 is 1.16 bits per heavy atom. The summed E-state index contributed by atoms with van der Waals surface area (Å²) in [5, 5.41) is 8.45. The lowest BCUT2D eigenvalue weighted by Crippen LogP contribution is -2.39. The van der Waals surface area contributed by atoms with Crippen molar-refractivity contribution < 1.29 is 31.4 Å². The van der Waals surface area contributed by atoms with Gasteiger partial charge in [0.25, 0.3) is 0 Å². The number of nitrogens with one attached hydrogen (secondary N) is 3. The summed E-state index contributed by atoms with van der Waals surface area (Å²) in [5.41, 5.74) is -0.453. The van der Waals surface area contributed by atoms with Crippen LogP contribution in [0.4, 0.5) is 27.8 Å². The maximum atomic E-state index is 13.0. The molecule has 0 aliphatic rings. The van der Waals surface area contributed by atoms with E-state index in [-0.39, 0.29) is 55.2 Å². The van der Waals surface area contributed by atoms with Crippen LogP contribution in [0.1, 0.15) is 11.1 Å². The quantitative estimate of drug-likeness (QED) is 0.138. The van der Waals surface area contributed by atoms with Crippen molar-refractivity contribution in [1.82, 2.24) is 15.6 Å². The van der Waals surface area contributed by atoms with E-state index in [0.29, 0.717) is 17.3 Å². The molecule has 0 atom stereocenters. The van der Waals surface area contributed by atoms with Crippen molar-refractivity contribution in [2.45, 2.75) is 19.3 Å². The molecule has 0 spiro atoms. The highest BCUT2D eigenvalue weighted by Crippen LogP contribution is 2.33. The molecule has 0 aliphatic heterocycles. The van der Waals surface area contributed by atoms with Crippen LogP contribution in [0.5, 0.6) is 11.5 Å². The third-order valence-corrected chi connectivity index (χ3v) is 3.98. The van der Waals surface area contributed by atoms with Crippen molar-refractivity contribution in [2.24, 2.45) is 4.99 Å². The van der Waals surface area contributed by atoms with E-state index in [1.54, 1.807) is 6.07 Å². The van der Waals surface area contributed by atoms with Crippen molar-refractivity contribution in [1.29, 1.82) is 0 Å². The number of benzene rings is 1. The van der Waals surface area contributed by atoms with Crippen LogP contribution in [-0.4, -0.2) is 44.8 Å². The molecule has 0 fully saturated rings. The number of hydrogen-bond acceptors (Lipinski definition) is 5. The van der Waals surface area contributed by atoms with Gasteiger partial charge in [-0.1, -0.05) is 0 Å². The van der Waals surface area contributed by atoms with Crippen molar-refractivity contribution >= 4 is 35.8 Å². The van der Waals surface area contributed by atoms with Gasteiger partial charge in [0.2, 0.25) is 0 Å². The number of alkyl halides is 5. The molecule has 0 saturated heterocycles. The number of guanidine groups is 1. The summed E-state index contributed by atoms with van der Waals surface area (Å²) in [6, 6.07) is 6.55. The number of hydrogen-bond donors (Lipinski definition) is 3. The molecule has 178 valence electrons. The normalized spacial score (nSPS) is 11.6. The first-order valence-corrected chi connectivity index (χ1v) is 9.07. The molecule has 0 bridgehead atoms. The zero-order chi connectivity index (χ0) is 22.9. The molecular weight excluding hydrogens is 552 g/mol. The minimum Gasteiger partial charge on any atom is -0.497 e. The lowest BCUT2D eigenvalue weighted by molar-refractivity contribution is -0.137. The number of halogens is 6. The van der Waals surface area contributed by atoms with Gasteiger partial charge in [0.05, 0.1) is 12.7 Å². The molecule has 13 heteroatoms. The van der Waals surface area contributed by atoms with Crippen LogP contribution in [0.3, 0.4) is 0 Å². The van der Waals surface area contributed by atoms with Crippen LogP contribution in [0, 0.1) is 0 Å². The van der Waals surface area contributed by atoms with Crippen LogP contribution in [-0.2, 0) is 12.7 Å². The topological polar surface area (TPSA) is 79.8 Å². The van der Waals surface area contributed by atoms with Crippen LogP contribution in [0.25, 0.3) is 0 Å². The van der Waals surface area contributed by atoms with Gasteiger partial charge >= 0.3 is 12.8 Å². The summed E-state index contributed by atoms with van der Waals surface area (Å²) >= 11 is 0. The van der Waals surface area contributed by atoms with Gasteiger partial charge in [-0.2, -0.15) is 22.0 Å². The van der Waals surface area contributed by atoms with Gasteiger partial charge in [0.1, 0.15) is 17.3 Å².